The summed E-state index contributed by atoms with van der Waals surface area (Å²) < 4.78 is 10.6. The van der Waals surface area contributed by atoms with E-state index < -0.39 is 0 Å². The van der Waals surface area contributed by atoms with Gasteiger partial charge in [-0.15, -0.1) is 0 Å². The summed E-state index contributed by atoms with van der Waals surface area (Å²) in [7, 11) is 5.56. The van der Waals surface area contributed by atoms with E-state index in [2.05, 4.69) is 36.3 Å². The lowest BCUT2D eigenvalue weighted by Gasteiger charge is -2.17. The normalized spacial score (nSPS) is 10.9. The lowest BCUT2D eigenvalue weighted by Crippen LogP contribution is -2.30. The van der Waals surface area contributed by atoms with Crippen molar-refractivity contribution in [3.63, 3.8) is 0 Å². The molecule has 120 valence electrons. The van der Waals surface area contributed by atoms with Crippen molar-refractivity contribution in [1.29, 1.82) is 0 Å². The average molecular weight is 294 g/mol. The van der Waals surface area contributed by atoms with Crippen LogP contribution in [0.4, 0.5) is 0 Å². The van der Waals surface area contributed by atoms with Crippen LogP contribution in [0.1, 0.15) is 25.3 Å². The molecule has 0 aliphatic rings. The molecule has 0 unspecified atom stereocenters. The van der Waals surface area contributed by atoms with E-state index in [0.717, 1.165) is 50.5 Å². The van der Waals surface area contributed by atoms with Crippen LogP contribution < -0.4 is 14.8 Å². The minimum atomic E-state index is 0.862. The van der Waals surface area contributed by atoms with Crippen molar-refractivity contribution in [3.8, 4) is 11.5 Å². The molecule has 1 aromatic carbocycles. The van der Waals surface area contributed by atoms with Gasteiger partial charge < -0.3 is 19.7 Å². The average Bonchev–Trinajstić information content (AvgIpc) is 2.51. The van der Waals surface area contributed by atoms with Gasteiger partial charge in [0.25, 0.3) is 0 Å². The standard InChI is InChI=1S/C17H30N2O2/c1-5-8-18-9-11-19(2)10-6-7-15-12-16(20-3)14-17(13-15)21-4/h12-14,18H,5-11H2,1-4H3. The zero-order valence-corrected chi connectivity index (χ0v) is 13.9. The molecule has 0 spiro atoms. The second kappa shape index (κ2) is 10.5. The summed E-state index contributed by atoms with van der Waals surface area (Å²) in [5, 5.41) is 3.43. The van der Waals surface area contributed by atoms with Gasteiger partial charge in [0.1, 0.15) is 11.5 Å². The number of hydrogen-bond donors (Lipinski definition) is 1. The number of hydrogen-bond acceptors (Lipinski definition) is 4. The molecule has 0 saturated carbocycles. The third-order valence-electron chi connectivity index (χ3n) is 3.51. The number of nitrogens with one attached hydrogen (secondary N) is 1. The van der Waals surface area contributed by atoms with Crippen LogP contribution in [-0.4, -0.2) is 52.3 Å². The molecule has 0 aliphatic carbocycles. The van der Waals surface area contributed by atoms with Crippen molar-refractivity contribution in [2.24, 2.45) is 0 Å². The second-order valence-corrected chi connectivity index (χ2v) is 5.38. The van der Waals surface area contributed by atoms with Gasteiger partial charge in [-0.1, -0.05) is 6.92 Å². The van der Waals surface area contributed by atoms with Crippen LogP contribution in [0, 0.1) is 0 Å². The highest BCUT2D eigenvalue weighted by molar-refractivity contribution is 5.38. The molecular formula is C17H30N2O2. The third kappa shape index (κ3) is 7.34. The first-order chi connectivity index (χ1) is 10.2. The maximum Gasteiger partial charge on any atom is 0.122 e. The van der Waals surface area contributed by atoms with Crippen molar-refractivity contribution >= 4 is 0 Å². The number of aryl methyl sites for hydroxylation is 1. The summed E-state index contributed by atoms with van der Waals surface area (Å²) in [5.74, 6) is 1.72. The van der Waals surface area contributed by atoms with Gasteiger partial charge >= 0.3 is 0 Å². The Morgan fingerprint density at radius 1 is 1.00 bits per heavy atom. The van der Waals surface area contributed by atoms with Gasteiger partial charge in [-0.2, -0.15) is 0 Å². The molecule has 0 amide bonds. The Hall–Kier alpha value is -1.26. The highest BCUT2D eigenvalue weighted by Gasteiger charge is 2.03. The Balaban J connectivity index is 2.31. The summed E-state index contributed by atoms with van der Waals surface area (Å²) in [6.45, 7) is 6.57. The van der Waals surface area contributed by atoms with E-state index in [1.165, 1.54) is 12.0 Å². The number of methoxy groups -OCH3 is 2. The van der Waals surface area contributed by atoms with Crippen LogP contribution >= 0.6 is 0 Å². The van der Waals surface area contributed by atoms with Crippen LogP contribution in [0.5, 0.6) is 11.5 Å². The summed E-state index contributed by atoms with van der Waals surface area (Å²) in [4.78, 5) is 2.38. The molecule has 4 heteroatoms. The first-order valence-electron chi connectivity index (χ1n) is 7.80. The lowest BCUT2D eigenvalue weighted by atomic mass is 10.1. The first-order valence-corrected chi connectivity index (χ1v) is 7.80. The zero-order valence-electron chi connectivity index (χ0n) is 13.9. The second-order valence-electron chi connectivity index (χ2n) is 5.38. The number of benzene rings is 1. The Bertz CT molecular complexity index is 374. The molecule has 0 saturated heterocycles. The quantitative estimate of drug-likeness (QED) is 0.636. The topological polar surface area (TPSA) is 33.7 Å². The number of rotatable bonds is 11. The Morgan fingerprint density at radius 3 is 2.24 bits per heavy atom. The highest BCUT2D eigenvalue weighted by atomic mass is 16.5. The SMILES string of the molecule is CCCNCCN(C)CCCc1cc(OC)cc(OC)c1. The molecule has 0 aromatic heterocycles. The maximum atomic E-state index is 5.30. The van der Waals surface area contributed by atoms with Gasteiger partial charge in [-0.05, 0) is 57.1 Å². The van der Waals surface area contributed by atoms with Crippen LogP contribution in [0.15, 0.2) is 18.2 Å². The summed E-state index contributed by atoms with van der Waals surface area (Å²) in [5.41, 5.74) is 1.27. The molecule has 0 aliphatic heterocycles. The molecule has 4 nitrogen and oxygen atoms in total. The zero-order chi connectivity index (χ0) is 15.5. The minimum absolute atomic E-state index is 0.862. The fourth-order valence-corrected chi connectivity index (χ4v) is 2.25. The van der Waals surface area contributed by atoms with Crippen LogP contribution in [-0.2, 0) is 6.42 Å². The van der Waals surface area contributed by atoms with Crippen molar-refractivity contribution in [1.82, 2.24) is 10.2 Å². The van der Waals surface area contributed by atoms with E-state index in [-0.39, 0.29) is 0 Å². The van der Waals surface area contributed by atoms with E-state index in [0.29, 0.717) is 0 Å². The van der Waals surface area contributed by atoms with Crippen molar-refractivity contribution in [2.75, 3.05) is 47.4 Å². The monoisotopic (exact) mass is 294 g/mol. The van der Waals surface area contributed by atoms with Gasteiger partial charge in [0, 0.05) is 19.2 Å². The Labute approximate surface area is 129 Å². The van der Waals surface area contributed by atoms with E-state index in [1.807, 2.05) is 6.07 Å². The number of ether oxygens (including phenoxy) is 2. The van der Waals surface area contributed by atoms with Crippen LogP contribution in [0.3, 0.4) is 0 Å². The van der Waals surface area contributed by atoms with Gasteiger partial charge in [0.05, 0.1) is 14.2 Å². The molecule has 0 bridgehead atoms. The lowest BCUT2D eigenvalue weighted by molar-refractivity contribution is 0.327. The molecule has 1 aromatic rings. The molecule has 1 N–H and O–H groups in total. The van der Waals surface area contributed by atoms with Gasteiger partial charge in [0.15, 0.2) is 0 Å². The molecule has 0 atom stereocenters. The van der Waals surface area contributed by atoms with Crippen LogP contribution in [0.25, 0.3) is 0 Å². The van der Waals surface area contributed by atoms with Gasteiger partial charge in [-0.3, -0.25) is 0 Å². The summed E-state index contributed by atoms with van der Waals surface area (Å²) in [6.07, 6.45) is 3.38. The first kappa shape index (κ1) is 17.8. The Morgan fingerprint density at radius 2 is 1.67 bits per heavy atom. The van der Waals surface area contributed by atoms with E-state index >= 15 is 0 Å². The van der Waals surface area contributed by atoms with Crippen molar-refractivity contribution in [3.05, 3.63) is 23.8 Å². The Kier molecular flexibility index (Phi) is 8.87. The fraction of sp³-hybridized carbons (Fsp3) is 0.647. The molecular weight excluding hydrogens is 264 g/mol. The maximum absolute atomic E-state index is 5.30. The molecule has 0 heterocycles. The number of likely N-dealkylation sites (N-methyl/N-ethyl adjacent to an activating group) is 1. The minimum Gasteiger partial charge on any atom is -0.497 e. The molecule has 21 heavy (non-hydrogen) atoms. The van der Waals surface area contributed by atoms with Gasteiger partial charge in [-0.25, -0.2) is 0 Å². The predicted octanol–water partition coefficient (Wildman–Crippen LogP) is 2.57. The fourth-order valence-electron chi connectivity index (χ4n) is 2.25. The summed E-state index contributed by atoms with van der Waals surface area (Å²) in [6, 6.07) is 6.09. The highest BCUT2D eigenvalue weighted by Crippen LogP contribution is 2.23. The summed E-state index contributed by atoms with van der Waals surface area (Å²) >= 11 is 0. The van der Waals surface area contributed by atoms with Crippen molar-refractivity contribution in [2.45, 2.75) is 26.2 Å². The number of nitrogens with zero attached hydrogens (tertiary/aromatic N) is 1. The predicted molar refractivity (Wildman–Crippen MR) is 88.5 cm³/mol. The van der Waals surface area contributed by atoms with E-state index in [1.54, 1.807) is 14.2 Å². The van der Waals surface area contributed by atoms with Gasteiger partial charge in [0.2, 0.25) is 0 Å². The third-order valence-corrected chi connectivity index (χ3v) is 3.51. The molecule has 0 fully saturated rings. The van der Waals surface area contributed by atoms with E-state index in [9.17, 15) is 0 Å². The molecule has 0 radical (unpaired) electrons. The van der Waals surface area contributed by atoms with Crippen LogP contribution in [0.2, 0.25) is 0 Å². The largest absolute Gasteiger partial charge is 0.497 e. The van der Waals surface area contributed by atoms with E-state index in [4.69, 9.17) is 9.47 Å². The molecule has 1 rings (SSSR count). The van der Waals surface area contributed by atoms with Crippen molar-refractivity contribution < 1.29 is 9.47 Å². The smallest absolute Gasteiger partial charge is 0.122 e.